The van der Waals surface area contributed by atoms with E-state index in [1.807, 2.05) is 0 Å². The smallest absolute Gasteiger partial charge is 0.0278 e. The zero-order chi connectivity index (χ0) is 14.9. The van der Waals surface area contributed by atoms with E-state index in [1.54, 1.807) is 0 Å². The van der Waals surface area contributed by atoms with Crippen molar-refractivity contribution in [3.05, 3.63) is 35.4 Å². The molecule has 0 saturated carbocycles. The molecule has 3 heteroatoms. The number of nitrogens with one attached hydrogen (secondary N) is 1. The quantitative estimate of drug-likeness (QED) is 0.910. The number of nitrogens with zero attached hydrogens (tertiary/aromatic N) is 2. The first-order chi connectivity index (χ1) is 10.0. The molecule has 1 aliphatic heterocycles. The summed E-state index contributed by atoms with van der Waals surface area (Å²) >= 11 is 0. The maximum Gasteiger partial charge on any atom is 0.0278 e. The number of hydrogen-bond acceptors (Lipinski definition) is 3. The molecule has 1 heterocycles. The van der Waals surface area contributed by atoms with Gasteiger partial charge in [0.05, 0.1) is 0 Å². The van der Waals surface area contributed by atoms with Crippen molar-refractivity contribution < 1.29 is 0 Å². The van der Waals surface area contributed by atoms with Crippen LogP contribution in [0.4, 0.5) is 0 Å². The molecular formula is C18H29N3. The molecule has 3 nitrogen and oxygen atoms in total. The average Bonchev–Trinajstić information content (AvgIpc) is 2.89. The monoisotopic (exact) mass is 287 g/mol. The molecule has 0 spiro atoms. The third-order valence-electron chi connectivity index (χ3n) is 5.23. The summed E-state index contributed by atoms with van der Waals surface area (Å²) in [4.78, 5) is 5.07. The highest BCUT2D eigenvalue weighted by molar-refractivity contribution is 5.33. The Morgan fingerprint density at radius 1 is 1.05 bits per heavy atom. The number of hydrogen-bond donors (Lipinski definition) is 1. The molecule has 0 atom stereocenters. The largest absolute Gasteiger partial charge is 0.311 e. The van der Waals surface area contributed by atoms with Gasteiger partial charge in [-0.3, -0.25) is 4.90 Å². The third kappa shape index (κ3) is 3.47. The van der Waals surface area contributed by atoms with Gasteiger partial charge in [0.1, 0.15) is 0 Å². The molecule has 0 unspecified atom stereocenters. The summed E-state index contributed by atoms with van der Waals surface area (Å²) < 4.78 is 0. The van der Waals surface area contributed by atoms with E-state index in [0.29, 0.717) is 6.04 Å². The van der Waals surface area contributed by atoms with Crippen LogP contribution in [0.5, 0.6) is 0 Å². The van der Waals surface area contributed by atoms with Crippen molar-refractivity contribution in [1.82, 2.24) is 15.1 Å². The number of rotatable bonds is 4. The average molecular weight is 287 g/mol. The second-order valence-corrected chi connectivity index (χ2v) is 7.36. The van der Waals surface area contributed by atoms with Crippen LogP contribution in [0.1, 0.15) is 25.0 Å². The van der Waals surface area contributed by atoms with E-state index in [0.717, 1.165) is 6.54 Å². The summed E-state index contributed by atoms with van der Waals surface area (Å²) in [5.74, 6) is 0. The summed E-state index contributed by atoms with van der Waals surface area (Å²) in [7, 11) is 2.22. The Morgan fingerprint density at radius 3 is 2.19 bits per heavy atom. The minimum absolute atomic E-state index is 0.246. The summed E-state index contributed by atoms with van der Waals surface area (Å²) in [5.41, 5.74) is 3.32. The minimum Gasteiger partial charge on any atom is -0.311 e. The van der Waals surface area contributed by atoms with Crippen LogP contribution in [0.2, 0.25) is 0 Å². The lowest BCUT2D eigenvalue weighted by atomic mass is 10.0. The zero-order valence-corrected chi connectivity index (χ0v) is 13.7. The van der Waals surface area contributed by atoms with Crippen molar-refractivity contribution in [2.45, 2.75) is 38.3 Å². The van der Waals surface area contributed by atoms with Crippen LogP contribution >= 0.6 is 0 Å². The second kappa shape index (κ2) is 6.07. The molecule has 0 amide bonds. The molecule has 1 saturated heterocycles. The standard InChI is InChI=1S/C18H29N3/c1-18(2,21-10-8-20(3)9-11-21)14-19-17-12-15-6-4-5-7-16(15)13-17/h4-7,17,19H,8-14H2,1-3H3. The zero-order valence-electron chi connectivity index (χ0n) is 13.7. The lowest BCUT2D eigenvalue weighted by Gasteiger charge is -2.43. The maximum atomic E-state index is 3.82. The van der Waals surface area contributed by atoms with Crippen LogP contribution in [0.25, 0.3) is 0 Å². The van der Waals surface area contributed by atoms with E-state index in [4.69, 9.17) is 0 Å². The van der Waals surface area contributed by atoms with E-state index >= 15 is 0 Å². The first-order valence-corrected chi connectivity index (χ1v) is 8.28. The van der Waals surface area contributed by atoms with E-state index < -0.39 is 0 Å². The van der Waals surface area contributed by atoms with Gasteiger partial charge in [-0.05, 0) is 44.9 Å². The second-order valence-electron chi connectivity index (χ2n) is 7.36. The first kappa shape index (κ1) is 15.0. The predicted molar refractivity (Wildman–Crippen MR) is 88.8 cm³/mol. The van der Waals surface area contributed by atoms with Gasteiger partial charge in [-0.25, -0.2) is 0 Å². The molecule has 1 aliphatic carbocycles. The fourth-order valence-electron chi connectivity index (χ4n) is 3.62. The highest BCUT2D eigenvalue weighted by Gasteiger charge is 2.30. The molecule has 21 heavy (non-hydrogen) atoms. The number of likely N-dealkylation sites (N-methyl/N-ethyl adjacent to an activating group) is 1. The van der Waals surface area contributed by atoms with Gasteiger partial charge in [-0.2, -0.15) is 0 Å². The number of fused-ring (bicyclic) bond motifs is 1. The van der Waals surface area contributed by atoms with Crippen molar-refractivity contribution >= 4 is 0 Å². The Balaban J connectivity index is 1.51. The Kier molecular flexibility index (Phi) is 4.34. The highest BCUT2D eigenvalue weighted by Crippen LogP contribution is 2.23. The lowest BCUT2D eigenvalue weighted by Crippen LogP contribution is -2.58. The van der Waals surface area contributed by atoms with E-state index in [2.05, 4.69) is 60.3 Å². The van der Waals surface area contributed by atoms with Crippen LogP contribution in [0.3, 0.4) is 0 Å². The topological polar surface area (TPSA) is 18.5 Å². The van der Waals surface area contributed by atoms with Gasteiger partial charge in [-0.1, -0.05) is 24.3 Å². The summed E-state index contributed by atoms with van der Waals surface area (Å²) in [6.07, 6.45) is 2.38. The maximum absolute atomic E-state index is 3.82. The summed E-state index contributed by atoms with van der Waals surface area (Å²) in [5, 5.41) is 3.82. The number of piperazine rings is 1. The van der Waals surface area contributed by atoms with Crippen LogP contribution in [-0.4, -0.2) is 61.2 Å². The van der Waals surface area contributed by atoms with E-state index in [1.165, 1.54) is 50.1 Å². The van der Waals surface area contributed by atoms with Gasteiger partial charge < -0.3 is 10.2 Å². The Labute approximate surface area is 129 Å². The van der Waals surface area contributed by atoms with E-state index in [-0.39, 0.29) is 5.54 Å². The van der Waals surface area contributed by atoms with Crippen LogP contribution in [0.15, 0.2) is 24.3 Å². The van der Waals surface area contributed by atoms with Crippen molar-refractivity contribution in [3.63, 3.8) is 0 Å². The van der Waals surface area contributed by atoms with Gasteiger partial charge in [0.2, 0.25) is 0 Å². The van der Waals surface area contributed by atoms with Crippen molar-refractivity contribution in [3.8, 4) is 0 Å². The molecule has 0 bridgehead atoms. The molecule has 3 rings (SSSR count). The van der Waals surface area contributed by atoms with Crippen LogP contribution in [0, 0.1) is 0 Å². The van der Waals surface area contributed by atoms with Gasteiger partial charge in [-0.15, -0.1) is 0 Å². The molecule has 116 valence electrons. The Hall–Kier alpha value is -0.900. The fourth-order valence-corrected chi connectivity index (χ4v) is 3.62. The third-order valence-corrected chi connectivity index (χ3v) is 5.23. The fraction of sp³-hybridized carbons (Fsp3) is 0.667. The normalized spacial score (nSPS) is 21.7. The Bertz CT molecular complexity index is 450. The van der Waals surface area contributed by atoms with Crippen molar-refractivity contribution in [2.24, 2.45) is 0 Å². The van der Waals surface area contributed by atoms with Crippen molar-refractivity contribution in [2.75, 3.05) is 39.8 Å². The SMILES string of the molecule is CN1CCN(C(C)(C)CNC2Cc3ccccc3C2)CC1. The molecule has 1 N–H and O–H groups in total. The molecule has 0 aromatic heterocycles. The van der Waals surface area contributed by atoms with Crippen LogP contribution < -0.4 is 5.32 Å². The molecule has 1 aromatic rings. The summed E-state index contributed by atoms with van der Waals surface area (Å²) in [6, 6.07) is 9.50. The molecule has 1 fully saturated rings. The van der Waals surface area contributed by atoms with Crippen molar-refractivity contribution in [1.29, 1.82) is 0 Å². The minimum atomic E-state index is 0.246. The molecule has 0 radical (unpaired) electrons. The van der Waals surface area contributed by atoms with Gasteiger partial charge >= 0.3 is 0 Å². The predicted octanol–water partition coefficient (Wildman–Crippen LogP) is 1.77. The molecular weight excluding hydrogens is 258 g/mol. The number of benzene rings is 1. The lowest BCUT2D eigenvalue weighted by molar-refractivity contribution is 0.0603. The highest BCUT2D eigenvalue weighted by atomic mass is 15.3. The molecule has 2 aliphatic rings. The van der Waals surface area contributed by atoms with Gasteiger partial charge in [0.15, 0.2) is 0 Å². The van der Waals surface area contributed by atoms with Crippen LogP contribution in [-0.2, 0) is 12.8 Å². The summed E-state index contributed by atoms with van der Waals surface area (Å²) in [6.45, 7) is 10.6. The van der Waals surface area contributed by atoms with E-state index in [9.17, 15) is 0 Å². The molecule has 1 aromatic carbocycles. The first-order valence-electron chi connectivity index (χ1n) is 8.28. The Morgan fingerprint density at radius 2 is 1.62 bits per heavy atom. The van der Waals surface area contributed by atoms with Gasteiger partial charge in [0, 0.05) is 44.3 Å². The van der Waals surface area contributed by atoms with Gasteiger partial charge in [0.25, 0.3) is 0 Å².